The van der Waals surface area contributed by atoms with Gasteiger partial charge in [0.2, 0.25) is 0 Å². The standard InChI is InChI=1S/C16H14BrFN2O/c1-20-15-8-3-2-6-12(15)14(19-20)10-21-16-11(9-17)5-4-7-13(16)18/h2-8H,9-10H2,1H3. The van der Waals surface area contributed by atoms with Crippen LogP contribution in [-0.2, 0) is 19.0 Å². The third-order valence-corrected chi connectivity index (χ3v) is 3.98. The Morgan fingerprint density at radius 2 is 2.00 bits per heavy atom. The summed E-state index contributed by atoms with van der Waals surface area (Å²) < 4.78 is 21.4. The second-order valence-corrected chi connectivity index (χ2v) is 5.30. The molecule has 0 radical (unpaired) electrons. The highest BCUT2D eigenvalue weighted by Crippen LogP contribution is 2.26. The van der Waals surface area contributed by atoms with E-state index in [1.165, 1.54) is 6.07 Å². The Hall–Kier alpha value is -1.88. The number of aryl methyl sites for hydroxylation is 1. The summed E-state index contributed by atoms with van der Waals surface area (Å²) in [6.07, 6.45) is 0. The molecule has 0 unspecified atom stereocenters. The second kappa shape index (κ2) is 5.85. The van der Waals surface area contributed by atoms with E-state index in [2.05, 4.69) is 21.0 Å². The molecule has 0 aliphatic heterocycles. The van der Waals surface area contributed by atoms with Crippen LogP contribution in [0.25, 0.3) is 10.9 Å². The molecular weight excluding hydrogens is 335 g/mol. The van der Waals surface area contributed by atoms with Gasteiger partial charge >= 0.3 is 0 Å². The van der Waals surface area contributed by atoms with Crippen LogP contribution in [0.15, 0.2) is 42.5 Å². The Labute approximate surface area is 130 Å². The number of benzene rings is 2. The molecule has 0 saturated carbocycles. The Bertz CT molecular complexity index is 785. The molecule has 0 spiro atoms. The van der Waals surface area contributed by atoms with Crippen LogP contribution in [0.4, 0.5) is 4.39 Å². The molecule has 108 valence electrons. The summed E-state index contributed by atoms with van der Waals surface area (Å²) in [6, 6.07) is 12.8. The number of ether oxygens (including phenoxy) is 1. The zero-order valence-corrected chi connectivity index (χ0v) is 13.1. The minimum atomic E-state index is -0.354. The Morgan fingerprint density at radius 1 is 1.19 bits per heavy atom. The van der Waals surface area contributed by atoms with Crippen molar-refractivity contribution in [1.82, 2.24) is 9.78 Å². The molecule has 0 saturated heterocycles. The van der Waals surface area contributed by atoms with E-state index in [1.807, 2.05) is 37.4 Å². The van der Waals surface area contributed by atoms with Crippen LogP contribution < -0.4 is 4.74 Å². The molecule has 1 heterocycles. The number of aromatic nitrogens is 2. The van der Waals surface area contributed by atoms with Gasteiger partial charge in [-0.3, -0.25) is 4.68 Å². The molecule has 0 aliphatic rings. The molecule has 5 heteroatoms. The minimum Gasteiger partial charge on any atom is -0.484 e. The third kappa shape index (κ3) is 2.65. The van der Waals surface area contributed by atoms with Crippen LogP contribution in [0.5, 0.6) is 5.75 Å². The lowest BCUT2D eigenvalue weighted by molar-refractivity contribution is 0.283. The SMILES string of the molecule is Cn1nc(COc2c(F)cccc2CBr)c2ccccc21. The fraction of sp³-hybridized carbons (Fsp3) is 0.188. The van der Waals surface area contributed by atoms with E-state index in [-0.39, 0.29) is 18.2 Å². The van der Waals surface area contributed by atoms with Crippen molar-refractivity contribution >= 4 is 26.8 Å². The van der Waals surface area contributed by atoms with Crippen molar-refractivity contribution in [2.45, 2.75) is 11.9 Å². The summed E-state index contributed by atoms with van der Waals surface area (Å²) in [4.78, 5) is 0. The van der Waals surface area contributed by atoms with Crippen LogP contribution in [0.3, 0.4) is 0 Å². The largest absolute Gasteiger partial charge is 0.484 e. The maximum atomic E-state index is 13.9. The van der Waals surface area contributed by atoms with Crippen LogP contribution >= 0.6 is 15.9 Å². The number of hydrogen-bond acceptors (Lipinski definition) is 2. The normalized spacial score (nSPS) is 11.0. The van der Waals surface area contributed by atoms with Crippen LogP contribution in [0, 0.1) is 5.82 Å². The van der Waals surface area contributed by atoms with Crippen molar-refractivity contribution in [3.05, 3.63) is 59.5 Å². The van der Waals surface area contributed by atoms with Gasteiger partial charge in [0.05, 0.1) is 5.52 Å². The summed E-state index contributed by atoms with van der Waals surface area (Å²) in [7, 11) is 1.89. The van der Waals surface area contributed by atoms with Gasteiger partial charge in [-0.1, -0.05) is 46.3 Å². The van der Waals surface area contributed by atoms with Gasteiger partial charge in [0, 0.05) is 23.3 Å². The summed E-state index contributed by atoms with van der Waals surface area (Å²) >= 11 is 3.35. The van der Waals surface area contributed by atoms with Crippen molar-refractivity contribution in [3.63, 3.8) is 0 Å². The van der Waals surface area contributed by atoms with E-state index in [9.17, 15) is 4.39 Å². The van der Waals surface area contributed by atoms with Gasteiger partial charge < -0.3 is 4.74 Å². The first-order valence-electron chi connectivity index (χ1n) is 6.57. The average Bonchev–Trinajstić information content (AvgIpc) is 2.83. The smallest absolute Gasteiger partial charge is 0.165 e. The molecular formula is C16H14BrFN2O. The van der Waals surface area contributed by atoms with Gasteiger partial charge in [-0.15, -0.1) is 0 Å². The van der Waals surface area contributed by atoms with Crippen molar-refractivity contribution in [1.29, 1.82) is 0 Å². The lowest BCUT2D eigenvalue weighted by Crippen LogP contribution is -2.02. The Morgan fingerprint density at radius 3 is 2.81 bits per heavy atom. The quantitative estimate of drug-likeness (QED) is 0.661. The highest BCUT2D eigenvalue weighted by molar-refractivity contribution is 9.08. The highest BCUT2D eigenvalue weighted by atomic mass is 79.9. The van der Waals surface area contributed by atoms with E-state index in [0.717, 1.165) is 22.2 Å². The Balaban J connectivity index is 1.91. The lowest BCUT2D eigenvalue weighted by atomic mass is 10.2. The van der Waals surface area contributed by atoms with E-state index < -0.39 is 0 Å². The molecule has 0 N–H and O–H groups in total. The topological polar surface area (TPSA) is 27.1 Å². The van der Waals surface area contributed by atoms with E-state index >= 15 is 0 Å². The average molecular weight is 349 g/mol. The predicted octanol–water partition coefficient (Wildman–Crippen LogP) is 4.19. The van der Waals surface area contributed by atoms with Gasteiger partial charge in [0.1, 0.15) is 12.3 Å². The molecule has 3 nitrogen and oxygen atoms in total. The number of halogens is 2. The number of nitrogens with zero attached hydrogens (tertiary/aromatic N) is 2. The number of para-hydroxylation sites is 2. The fourth-order valence-electron chi connectivity index (χ4n) is 2.36. The fourth-order valence-corrected chi connectivity index (χ4v) is 2.80. The lowest BCUT2D eigenvalue weighted by Gasteiger charge is -2.10. The molecule has 1 aromatic heterocycles. The second-order valence-electron chi connectivity index (χ2n) is 4.74. The van der Waals surface area contributed by atoms with Gasteiger partial charge in [-0.25, -0.2) is 4.39 Å². The summed E-state index contributed by atoms with van der Waals surface area (Å²) in [6.45, 7) is 0.238. The van der Waals surface area contributed by atoms with Crippen LogP contribution in [-0.4, -0.2) is 9.78 Å². The monoisotopic (exact) mass is 348 g/mol. The zero-order valence-electron chi connectivity index (χ0n) is 11.5. The van der Waals surface area contributed by atoms with Crippen LogP contribution in [0.2, 0.25) is 0 Å². The van der Waals surface area contributed by atoms with Gasteiger partial charge in [0.15, 0.2) is 11.6 Å². The minimum absolute atomic E-state index is 0.238. The van der Waals surface area contributed by atoms with Crippen molar-refractivity contribution in [2.24, 2.45) is 7.05 Å². The number of hydrogen-bond donors (Lipinski definition) is 0. The van der Waals surface area contributed by atoms with Crippen molar-refractivity contribution < 1.29 is 9.13 Å². The highest BCUT2D eigenvalue weighted by Gasteiger charge is 2.12. The van der Waals surface area contributed by atoms with Crippen molar-refractivity contribution in [3.8, 4) is 5.75 Å². The molecule has 0 fully saturated rings. The third-order valence-electron chi connectivity index (χ3n) is 3.38. The molecule has 0 bridgehead atoms. The molecule has 2 aromatic carbocycles. The van der Waals surface area contributed by atoms with Crippen molar-refractivity contribution in [2.75, 3.05) is 0 Å². The predicted molar refractivity (Wildman–Crippen MR) is 84.1 cm³/mol. The first-order chi connectivity index (χ1) is 10.2. The molecule has 21 heavy (non-hydrogen) atoms. The maximum absolute atomic E-state index is 13.9. The number of rotatable bonds is 4. The van der Waals surface area contributed by atoms with Crippen LogP contribution in [0.1, 0.15) is 11.3 Å². The molecule has 3 aromatic rings. The molecule has 0 amide bonds. The van der Waals surface area contributed by atoms with Gasteiger partial charge in [-0.05, 0) is 12.1 Å². The zero-order chi connectivity index (χ0) is 14.8. The number of fused-ring (bicyclic) bond motifs is 1. The first kappa shape index (κ1) is 14.1. The van der Waals surface area contributed by atoms with E-state index in [0.29, 0.717) is 5.33 Å². The summed E-state index contributed by atoms with van der Waals surface area (Å²) in [5.41, 5.74) is 2.62. The molecule has 0 aliphatic carbocycles. The van der Waals surface area contributed by atoms with E-state index in [4.69, 9.17) is 4.74 Å². The van der Waals surface area contributed by atoms with Gasteiger partial charge in [0.25, 0.3) is 0 Å². The van der Waals surface area contributed by atoms with Gasteiger partial charge in [-0.2, -0.15) is 5.10 Å². The van der Waals surface area contributed by atoms with E-state index in [1.54, 1.807) is 10.7 Å². The molecule has 0 atom stereocenters. The molecule has 3 rings (SSSR count). The maximum Gasteiger partial charge on any atom is 0.165 e. The summed E-state index contributed by atoms with van der Waals surface area (Å²) in [5, 5.41) is 6.02. The number of alkyl halides is 1. The summed E-state index contributed by atoms with van der Waals surface area (Å²) in [5.74, 6) is -0.0729. The Kier molecular flexibility index (Phi) is 3.92. The first-order valence-corrected chi connectivity index (χ1v) is 7.69.